The van der Waals surface area contributed by atoms with Crippen molar-refractivity contribution >= 4 is 25.1 Å². The lowest BCUT2D eigenvalue weighted by atomic mass is 9.95. The van der Waals surface area contributed by atoms with Crippen molar-refractivity contribution in [1.82, 2.24) is 9.55 Å². The van der Waals surface area contributed by atoms with Crippen molar-refractivity contribution in [2.75, 3.05) is 6.61 Å². The first kappa shape index (κ1) is 21.8. The molecule has 29 heavy (non-hydrogen) atoms. The van der Waals surface area contributed by atoms with Crippen molar-refractivity contribution in [2.45, 2.75) is 30.7 Å². The summed E-state index contributed by atoms with van der Waals surface area (Å²) in [6.45, 7) is -2.91. The van der Waals surface area contributed by atoms with Crippen LogP contribution >= 0.6 is 18.8 Å². The molecule has 0 amide bonds. The highest BCUT2D eigenvalue weighted by atomic mass is 32.7. The third kappa shape index (κ3) is 4.50. The Balaban J connectivity index is 1.79. The number of hydrogen-bond donors (Lipinski definition) is 4. The molecule has 0 aliphatic carbocycles. The number of aliphatic hydroxyl groups is 2. The van der Waals surface area contributed by atoms with Crippen LogP contribution in [0, 0.1) is 0 Å². The maximum absolute atomic E-state index is 15.4. The smallest absolute Gasteiger partial charge is 0.330 e. The molecule has 2 aromatic rings. The SMILES string of the molecule is C=P(S)(OC[C@@]1(F)O[C@@H](n2ccc(=O)[nH]c2=O)[C@](C)(O)C1O)Oc1ccccc1. The number of nitrogens with zero attached hydrogens (tertiary/aromatic N) is 1. The maximum atomic E-state index is 15.4. The average molecular weight is 446 g/mol. The van der Waals surface area contributed by atoms with Crippen LogP contribution in [0.15, 0.2) is 52.2 Å². The van der Waals surface area contributed by atoms with Crippen LogP contribution in [0.25, 0.3) is 0 Å². The lowest BCUT2D eigenvalue weighted by molar-refractivity contribution is -0.202. The molecule has 0 radical (unpaired) electrons. The molecule has 1 fully saturated rings. The van der Waals surface area contributed by atoms with Crippen LogP contribution in [-0.4, -0.2) is 50.2 Å². The minimum Gasteiger partial charge on any atom is -0.445 e. The Hall–Kier alpha value is -1.88. The number of thiol groups is 1. The number of halogens is 1. The number of nitrogens with one attached hydrogen (secondary N) is 1. The van der Waals surface area contributed by atoms with E-state index in [1.807, 2.05) is 4.98 Å². The van der Waals surface area contributed by atoms with Gasteiger partial charge in [-0.15, -0.1) is 0 Å². The molecule has 0 spiro atoms. The number of benzene rings is 1. The number of H-pyrrole nitrogens is 1. The molecule has 5 atom stereocenters. The molecule has 9 nitrogen and oxygen atoms in total. The summed E-state index contributed by atoms with van der Waals surface area (Å²) in [5, 5.41) is 20.9. The number of alkyl halides is 1. The normalized spacial score (nSPS) is 31.3. The van der Waals surface area contributed by atoms with Gasteiger partial charge in [0.25, 0.3) is 11.4 Å². The molecule has 1 saturated heterocycles. The number of rotatable bonds is 6. The zero-order valence-corrected chi connectivity index (χ0v) is 17.1. The standard InChI is InChI=1S/C17H20FN2O7PS/c1-16(24)13(22)17(18,26-14(16)20-9-8-12(21)19-15(20)23)10-25-28(2,29)27-11-6-4-3-5-7-11/h3-9,13-14,22,24,29H,2,10H2,1H3,(H,19,21,23)/t13?,14-,16-,17-,28?/m1/s1. The van der Waals surface area contributed by atoms with Crippen LogP contribution in [0.3, 0.4) is 0 Å². The number of ether oxygens (including phenoxy) is 1. The molecule has 158 valence electrons. The molecule has 2 heterocycles. The summed E-state index contributed by atoms with van der Waals surface area (Å²) in [7, 11) is 0. The second kappa shape index (κ2) is 7.75. The van der Waals surface area contributed by atoms with Crippen molar-refractivity contribution in [3.63, 3.8) is 0 Å². The number of aromatic nitrogens is 2. The average Bonchev–Trinajstić information content (AvgIpc) is 2.82. The second-order valence-corrected chi connectivity index (χ2v) is 10.3. The zero-order valence-electron chi connectivity index (χ0n) is 15.3. The van der Waals surface area contributed by atoms with Gasteiger partial charge in [-0.2, -0.15) is 0 Å². The third-order valence-electron chi connectivity index (χ3n) is 4.33. The van der Waals surface area contributed by atoms with Gasteiger partial charge in [0.15, 0.2) is 6.23 Å². The molecule has 1 aliphatic rings. The number of hydrogen-bond acceptors (Lipinski definition) is 8. The van der Waals surface area contributed by atoms with Crippen LogP contribution in [-0.2, 0) is 9.26 Å². The second-order valence-electron chi connectivity index (χ2n) is 6.72. The zero-order chi connectivity index (χ0) is 21.4. The summed E-state index contributed by atoms with van der Waals surface area (Å²) in [5.41, 5.74) is -3.85. The highest BCUT2D eigenvalue weighted by Gasteiger charge is 2.63. The minimum atomic E-state index is -3.12. The third-order valence-corrected chi connectivity index (χ3v) is 5.95. The molecule has 0 saturated carbocycles. The fraction of sp³-hybridized carbons (Fsp3) is 0.353. The van der Waals surface area contributed by atoms with Crippen LogP contribution in [0.1, 0.15) is 13.2 Å². The molecule has 12 heteroatoms. The van der Waals surface area contributed by atoms with E-state index < -0.39 is 48.2 Å². The van der Waals surface area contributed by atoms with Crippen molar-refractivity contribution < 1.29 is 28.4 Å². The fourth-order valence-corrected chi connectivity index (χ4v) is 4.20. The Morgan fingerprint density at radius 1 is 1.38 bits per heavy atom. The van der Waals surface area contributed by atoms with Crippen LogP contribution in [0.4, 0.5) is 4.39 Å². The Bertz CT molecular complexity index is 1040. The first-order chi connectivity index (χ1) is 13.4. The molecule has 1 aromatic heterocycles. The van der Waals surface area contributed by atoms with Gasteiger partial charge < -0.3 is 24.0 Å². The Morgan fingerprint density at radius 3 is 2.66 bits per heavy atom. The van der Waals surface area contributed by atoms with Crippen LogP contribution < -0.4 is 15.8 Å². The summed E-state index contributed by atoms with van der Waals surface area (Å²) in [4.78, 5) is 25.2. The van der Waals surface area contributed by atoms with Crippen molar-refractivity contribution in [3.8, 4) is 5.75 Å². The lowest BCUT2D eigenvalue weighted by Gasteiger charge is -2.28. The Labute approximate surface area is 170 Å². The van der Waals surface area contributed by atoms with E-state index in [9.17, 15) is 19.8 Å². The molecule has 0 bridgehead atoms. The van der Waals surface area contributed by atoms with E-state index in [-0.39, 0.29) is 0 Å². The fourth-order valence-electron chi connectivity index (χ4n) is 2.87. The molecular formula is C17H20FN2O7PS. The maximum Gasteiger partial charge on any atom is 0.330 e. The monoisotopic (exact) mass is 446 g/mol. The highest BCUT2D eigenvalue weighted by molar-refractivity contribution is 8.48. The van der Waals surface area contributed by atoms with Gasteiger partial charge in [-0.05, 0) is 25.4 Å². The van der Waals surface area contributed by atoms with Gasteiger partial charge in [0.2, 0.25) is 6.54 Å². The molecule has 3 rings (SSSR count). The molecule has 3 N–H and O–H groups in total. The summed E-state index contributed by atoms with van der Waals surface area (Å²) in [6, 6.07) is 9.47. The first-order valence-corrected chi connectivity index (χ1v) is 11.3. The lowest BCUT2D eigenvalue weighted by Crippen LogP contribution is -2.50. The molecule has 1 aliphatic heterocycles. The van der Waals surface area contributed by atoms with Gasteiger partial charge in [-0.1, -0.05) is 30.4 Å². The van der Waals surface area contributed by atoms with E-state index >= 15 is 4.39 Å². The van der Waals surface area contributed by atoms with Crippen molar-refractivity contribution in [1.29, 1.82) is 0 Å². The van der Waals surface area contributed by atoms with Gasteiger partial charge in [0.05, 0.1) is 0 Å². The summed E-state index contributed by atoms with van der Waals surface area (Å²) in [6.07, 6.45) is 0.983. The predicted octanol–water partition coefficient (Wildman–Crippen LogP) is 1.06. The van der Waals surface area contributed by atoms with E-state index in [0.29, 0.717) is 5.75 Å². The molecule has 2 unspecified atom stereocenters. The van der Waals surface area contributed by atoms with Crippen molar-refractivity contribution in [2.24, 2.45) is 0 Å². The summed E-state index contributed by atoms with van der Waals surface area (Å²) >= 11 is 4.20. The van der Waals surface area contributed by atoms with E-state index in [0.717, 1.165) is 23.8 Å². The van der Waals surface area contributed by atoms with Crippen molar-refractivity contribution in [3.05, 3.63) is 63.4 Å². The van der Waals surface area contributed by atoms with E-state index in [4.69, 9.17) is 13.8 Å². The van der Waals surface area contributed by atoms with Gasteiger partial charge in [0.1, 0.15) is 24.1 Å². The van der Waals surface area contributed by atoms with Gasteiger partial charge in [0, 0.05) is 12.3 Å². The summed E-state index contributed by atoms with van der Waals surface area (Å²) in [5.74, 6) is -2.51. The van der Waals surface area contributed by atoms with Gasteiger partial charge >= 0.3 is 5.69 Å². The number of para-hydroxylation sites is 1. The largest absolute Gasteiger partial charge is 0.445 e. The topological polar surface area (TPSA) is 123 Å². The van der Waals surface area contributed by atoms with E-state index in [2.05, 4.69) is 18.5 Å². The van der Waals surface area contributed by atoms with Gasteiger partial charge in [-0.25, -0.2) is 9.18 Å². The predicted molar refractivity (Wildman–Crippen MR) is 108 cm³/mol. The first-order valence-electron chi connectivity index (χ1n) is 8.39. The molecule has 1 aromatic carbocycles. The van der Waals surface area contributed by atoms with E-state index in [1.54, 1.807) is 30.3 Å². The number of aliphatic hydroxyl groups excluding tert-OH is 1. The summed E-state index contributed by atoms with van der Waals surface area (Å²) < 4.78 is 32.2. The minimum absolute atomic E-state index is 0.399. The highest BCUT2D eigenvalue weighted by Crippen LogP contribution is 2.54. The Kier molecular flexibility index (Phi) is 5.83. The molecular weight excluding hydrogens is 426 g/mol. The van der Waals surface area contributed by atoms with Gasteiger partial charge in [-0.3, -0.25) is 14.3 Å². The Morgan fingerprint density at radius 2 is 2.03 bits per heavy atom. The van der Waals surface area contributed by atoms with E-state index in [1.165, 1.54) is 0 Å². The van der Waals surface area contributed by atoms with Crippen LogP contribution in [0.2, 0.25) is 0 Å². The number of aromatic amines is 1. The quantitative estimate of drug-likeness (QED) is 0.387. The van der Waals surface area contributed by atoms with Crippen LogP contribution in [0.5, 0.6) is 5.75 Å².